The van der Waals surface area contributed by atoms with Crippen molar-refractivity contribution in [2.75, 3.05) is 0 Å². The molecule has 2 aromatic rings. The van der Waals surface area contributed by atoms with Crippen LogP contribution >= 0.6 is 11.3 Å². The first-order chi connectivity index (χ1) is 9.90. The smallest absolute Gasteiger partial charge is 0.144 e. The van der Waals surface area contributed by atoms with Gasteiger partial charge in [0.2, 0.25) is 0 Å². The quantitative estimate of drug-likeness (QED) is 0.922. The molecule has 21 heavy (non-hydrogen) atoms. The molecule has 2 rings (SSSR count). The standard InChI is InChI=1S/C17H22N2OS/c1-17(2,3)15-11-21-16(19-15)9-14(20)8-12-6-4-5-7-13(12)10-18/h4-7,11H,8-10,18H2,1-3H3. The zero-order valence-corrected chi connectivity index (χ0v) is 13.7. The molecule has 0 bridgehead atoms. The van der Waals surface area contributed by atoms with Crippen molar-refractivity contribution in [1.29, 1.82) is 0 Å². The van der Waals surface area contributed by atoms with Crippen LogP contribution in [-0.4, -0.2) is 10.8 Å². The van der Waals surface area contributed by atoms with Crippen LogP contribution in [0.4, 0.5) is 0 Å². The fourth-order valence-corrected chi connectivity index (χ4v) is 3.16. The average Bonchev–Trinajstić information content (AvgIpc) is 2.87. The minimum Gasteiger partial charge on any atom is -0.326 e. The third-order valence-corrected chi connectivity index (χ3v) is 4.24. The summed E-state index contributed by atoms with van der Waals surface area (Å²) in [6.07, 6.45) is 0.831. The highest BCUT2D eigenvalue weighted by molar-refractivity contribution is 7.09. The summed E-state index contributed by atoms with van der Waals surface area (Å²) in [7, 11) is 0. The van der Waals surface area contributed by atoms with Gasteiger partial charge in [-0.25, -0.2) is 4.98 Å². The zero-order valence-electron chi connectivity index (χ0n) is 12.8. The Morgan fingerprint density at radius 2 is 1.86 bits per heavy atom. The molecule has 0 aliphatic carbocycles. The molecule has 0 aliphatic heterocycles. The highest BCUT2D eigenvalue weighted by Crippen LogP contribution is 2.24. The average molecular weight is 302 g/mol. The second-order valence-corrected chi connectivity index (χ2v) is 7.18. The number of rotatable bonds is 5. The Labute approximate surface area is 130 Å². The molecule has 0 fully saturated rings. The van der Waals surface area contributed by atoms with Crippen molar-refractivity contribution in [3.63, 3.8) is 0 Å². The van der Waals surface area contributed by atoms with Gasteiger partial charge < -0.3 is 5.73 Å². The van der Waals surface area contributed by atoms with E-state index in [0.717, 1.165) is 21.8 Å². The van der Waals surface area contributed by atoms with E-state index in [1.807, 2.05) is 24.3 Å². The molecule has 0 unspecified atom stereocenters. The number of hydrogen-bond acceptors (Lipinski definition) is 4. The SMILES string of the molecule is CC(C)(C)c1csc(CC(=O)Cc2ccccc2CN)n1. The van der Waals surface area contributed by atoms with Crippen LogP contribution in [0.2, 0.25) is 0 Å². The molecule has 4 heteroatoms. The lowest BCUT2D eigenvalue weighted by atomic mass is 9.93. The van der Waals surface area contributed by atoms with Gasteiger partial charge in [-0.1, -0.05) is 45.0 Å². The van der Waals surface area contributed by atoms with E-state index in [1.165, 1.54) is 0 Å². The molecule has 2 N–H and O–H groups in total. The topological polar surface area (TPSA) is 56.0 Å². The van der Waals surface area contributed by atoms with E-state index >= 15 is 0 Å². The molecule has 0 saturated carbocycles. The minimum atomic E-state index is 0.0317. The van der Waals surface area contributed by atoms with Gasteiger partial charge in [-0.15, -0.1) is 11.3 Å². The molecule has 0 atom stereocenters. The summed E-state index contributed by atoms with van der Waals surface area (Å²) in [4.78, 5) is 16.8. The number of benzene rings is 1. The Hall–Kier alpha value is -1.52. The molecule has 0 spiro atoms. The lowest BCUT2D eigenvalue weighted by molar-refractivity contribution is -0.117. The summed E-state index contributed by atoms with van der Waals surface area (Å²) in [5.41, 5.74) is 8.86. The molecule has 1 aromatic carbocycles. The van der Waals surface area contributed by atoms with Crippen molar-refractivity contribution < 1.29 is 4.79 Å². The van der Waals surface area contributed by atoms with Crippen molar-refractivity contribution in [2.24, 2.45) is 5.73 Å². The number of nitrogens with zero attached hydrogens (tertiary/aromatic N) is 1. The van der Waals surface area contributed by atoms with Crippen LogP contribution in [0.1, 0.15) is 42.6 Å². The molecule has 0 saturated heterocycles. The molecular formula is C17H22N2OS. The molecule has 1 heterocycles. The van der Waals surface area contributed by atoms with Crippen LogP contribution < -0.4 is 5.73 Å². The number of carbonyl (C=O) groups excluding carboxylic acids is 1. The Balaban J connectivity index is 2.03. The maximum atomic E-state index is 12.2. The predicted molar refractivity (Wildman–Crippen MR) is 87.6 cm³/mol. The molecule has 0 aliphatic rings. The van der Waals surface area contributed by atoms with Crippen molar-refractivity contribution in [1.82, 2.24) is 4.98 Å². The van der Waals surface area contributed by atoms with E-state index in [1.54, 1.807) is 11.3 Å². The summed E-state index contributed by atoms with van der Waals surface area (Å²) in [6.45, 7) is 6.86. The van der Waals surface area contributed by atoms with Gasteiger partial charge in [0.05, 0.1) is 12.1 Å². The second-order valence-electron chi connectivity index (χ2n) is 6.24. The number of Topliss-reactive ketones (excluding diaryl/α,β-unsaturated/α-hetero) is 1. The molecular weight excluding hydrogens is 280 g/mol. The van der Waals surface area contributed by atoms with E-state index < -0.39 is 0 Å². The number of aromatic nitrogens is 1. The van der Waals surface area contributed by atoms with E-state index in [2.05, 4.69) is 31.1 Å². The van der Waals surface area contributed by atoms with Crippen molar-refractivity contribution >= 4 is 17.1 Å². The van der Waals surface area contributed by atoms with Crippen LogP contribution in [0.3, 0.4) is 0 Å². The third-order valence-electron chi connectivity index (χ3n) is 3.39. The van der Waals surface area contributed by atoms with Gasteiger partial charge in [-0.05, 0) is 11.1 Å². The minimum absolute atomic E-state index is 0.0317. The molecule has 0 amide bonds. The first-order valence-corrected chi connectivity index (χ1v) is 8.01. The van der Waals surface area contributed by atoms with Gasteiger partial charge in [0, 0.05) is 23.8 Å². The van der Waals surface area contributed by atoms with Crippen molar-refractivity contribution in [3.8, 4) is 0 Å². The first kappa shape index (κ1) is 15.9. The fraction of sp³-hybridized carbons (Fsp3) is 0.412. The number of carbonyl (C=O) groups is 1. The van der Waals surface area contributed by atoms with Crippen molar-refractivity contribution in [2.45, 2.75) is 45.6 Å². The lowest BCUT2D eigenvalue weighted by Gasteiger charge is -2.14. The predicted octanol–water partition coefficient (Wildman–Crippen LogP) is 3.25. The normalized spacial score (nSPS) is 11.6. The van der Waals surface area contributed by atoms with Crippen LogP contribution in [0.15, 0.2) is 29.6 Å². The fourth-order valence-electron chi connectivity index (χ4n) is 2.11. The highest BCUT2D eigenvalue weighted by atomic mass is 32.1. The number of hydrogen-bond donors (Lipinski definition) is 1. The summed E-state index contributed by atoms with van der Waals surface area (Å²) in [5.74, 6) is 0.186. The monoisotopic (exact) mass is 302 g/mol. The lowest BCUT2D eigenvalue weighted by Crippen LogP contribution is -2.13. The van der Waals surface area contributed by atoms with Gasteiger partial charge in [0.25, 0.3) is 0 Å². The molecule has 112 valence electrons. The summed E-state index contributed by atoms with van der Waals surface area (Å²) < 4.78 is 0. The third kappa shape index (κ3) is 4.22. The van der Waals surface area contributed by atoms with Gasteiger partial charge in [-0.2, -0.15) is 0 Å². The molecule has 1 aromatic heterocycles. The van der Waals surface area contributed by atoms with Crippen LogP contribution in [0.25, 0.3) is 0 Å². The Kier molecular flexibility index (Phi) is 4.91. The summed E-state index contributed by atoms with van der Waals surface area (Å²) in [5, 5.41) is 2.95. The Bertz CT molecular complexity index is 626. The van der Waals surface area contributed by atoms with Gasteiger partial charge in [0.1, 0.15) is 10.8 Å². The van der Waals surface area contributed by atoms with E-state index in [-0.39, 0.29) is 11.2 Å². The van der Waals surface area contributed by atoms with Crippen LogP contribution in [0.5, 0.6) is 0 Å². The van der Waals surface area contributed by atoms with Gasteiger partial charge >= 0.3 is 0 Å². The Morgan fingerprint density at radius 3 is 2.43 bits per heavy atom. The maximum Gasteiger partial charge on any atom is 0.144 e. The highest BCUT2D eigenvalue weighted by Gasteiger charge is 2.18. The molecule has 3 nitrogen and oxygen atoms in total. The van der Waals surface area contributed by atoms with Crippen LogP contribution in [-0.2, 0) is 29.6 Å². The summed E-state index contributed by atoms with van der Waals surface area (Å²) in [6, 6.07) is 7.85. The van der Waals surface area contributed by atoms with Gasteiger partial charge in [0.15, 0.2) is 0 Å². The largest absolute Gasteiger partial charge is 0.326 e. The van der Waals surface area contributed by atoms with Gasteiger partial charge in [-0.3, -0.25) is 4.79 Å². The van der Waals surface area contributed by atoms with Crippen LogP contribution in [0, 0.1) is 0 Å². The second kappa shape index (κ2) is 6.50. The number of ketones is 1. The van der Waals surface area contributed by atoms with Crippen molar-refractivity contribution in [3.05, 3.63) is 51.5 Å². The number of nitrogens with two attached hydrogens (primary N) is 1. The van der Waals surface area contributed by atoms with E-state index in [9.17, 15) is 4.79 Å². The molecule has 0 radical (unpaired) electrons. The Morgan fingerprint density at radius 1 is 1.19 bits per heavy atom. The van der Waals surface area contributed by atoms with E-state index in [0.29, 0.717) is 19.4 Å². The summed E-state index contributed by atoms with van der Waals surface area (Å²) >= 11 is 1.57. The maximum absolute atomic E-state index is 12.2. The number of thiazole rings is 1. The first-order valence-electron chi connectivity index (χ1n) is 7.13. The van der Waals surface area contributed by atoms with E-state index in [4.69, 9.17) is 5.73 Å². The zero-order chi connectivity index (χ0) is 15.5.